The highest BCUT2D eigenvalue weighted by Gasteiger charge is 2.26. The maximum absolute atomic E-state index is 11.5. The fraction of sp³-hybridized carbons (Fsp3) is 0.750. The Morgan fingerprint density at radius 3 is 2.38 bits per heavy atom. The summed E-state index contributed by atoms with van der Waals surface area (Å²) in [5.74, 6) is -0.0840. The molecule has 16 heavy (non-hydrogen) atoms. The van der Waals surface area contributed by atoms with Crippen LogP contribution in [0.5, 0.6) is 0 Å². The first-order valence-electron chi connectivity index (χ1n) is 5.76. The second-order valence-electron chi connectivity index (χ2n) is 4.64. The van der Waals surface area contributed by atoms with Gasteiger partial charge in [0, 0.05) is 18.7 Å². The van der Waals surface area contributed by atoms with Gasteiger partial charge in [-0.2, -0.15) is 0 Å². The molecule has 3 atom stereocenters. The highest BCUT2D eigenvalue weighted by Crippen LogP contribution is 2.12. The molecule has 1 rings (SSSR count). The summed E-state index contributed by atoms with van der Waals surface area (Å²) in [5.41, 5.74) is 0.543. The fourth-order valence-corrected chi connectivity index (χ4v) is 1.94. The van der Waals surface area contributed by atoms with Crippen LogP contribution in [0.25, 0.3) is 0 Å². The third kappa shape index (κ3) is 3.61. The van der Waals surface area contributed by atoms with Gasteiger partial charge in [0.15, 0.2) is 0 Å². The minimum Gasteiger partial charge on any atom is -0.373 e. The van der Waals surface area contributed by atoms with Crippen molar-refractivity contribution in [3.8, 4) is 0 Å². The van der Waals surface area contributed by atoms with Gasteiger partial charge in [-0.05, 0) is 27.7 Å². The molecule has 1 fully saturated rings. The summed E-state index contributed by atoms with van der Waals surface area (Å²) in [6, 6.07) is 0. The van der Waals surface area contributed by atoms with E-state index in [2.05, 4.69) is 30.6 Å². The summed E-state index contributed by atoms with van der Waals surface area (Å²) in [5, 5.41) is 2.92. The number of nitrogens with zero attached hydrogens (tertiary/aromatic N) is 1. The van der Waals surface area contributed by atoms with Crippen LogP contribution in [0.15, 0.2) is 12.2 Å². The van der Waals surface area contributed by atoms with Gasteiger partial charge >= 0.3 is 0 Å². The summed E-state index contributed by atoms with van der Waals surface area (Å²) in [7, 11) is 0. The Morgan fingerprint density at radius 2 is 1.94 bits per heavy atom. The highest BCUT2D eigenvalue weighted by molar-refractivity contribution is 5.92. The zero-order chi connectivity index (χ0) is 12.3. The Bertz CT molecular complexity index is 268. The minimum absolute atomic E-state index is 0.0259. The number of carbonyl (C=O) groups is 1. The van der Waals surface area contributed by atoms with Gasteiger partial charge < -0.3 is 10.1 Å². The predicted octanol–water partition coefficient (Wildman–Crippen LogP) is 1.13. The highest BCUT2D eigenvalue weighted by atomic mass is 16.5. The molecule has 1 amide bonds. The molecule has 0 saturated carbocycles. The van der Waals surface area contributed by atoms with Gasteiger partial charge in [-0.1, -0.05) is 6.58 Å². The van der Waals surface area contributed by atoms with E-state index in [1.54, 1.807) is 6.92 Å². The number of rotatable bonds is 3. The number of hydrogen-bond acceptors (Lipinski definition) is 3. The topological polar surface area (TPSA) is 41.6 Å². The second-order valence-corrected chi connectivity index (χ2v) is 4.64. The summed E-state index contributed by atoms with van der Waals surface area (Å²) in [6.45, 7) is 13.1. The summed E-state index contributed by atoms with van der Waals surface area (Å²) in [6.07, 6.45) is 0.457. The number of hydrogen-bond donors (Lipinski definition) is 1. The lowest BCUT2D eigenvalue weighted by Gasteiger charge is -2.39. The molecule has 92 valence electrons. The largest absolute Gasteiger partial charge is 0.373 e. The van der Waals surface area contributed by atoms with E-state index < -0.39 is 0 Å². The van der Waals surface area contributed by atoms with Gasteiger partial charge in [-0.3, -0.25) is 9.69 Å². The van der Waals surface area contributed by atoms with Crippen LogP contribution in [0.1, 0.15) is 27.7 Å². The van der Waals surface area contributed by atoms with Crippen molar-refractivity contribution in [3.05, 3.63) is 12.2 Å². The molecule has 1 aliphatic heterocycles. The molecule has 1 heterocycles. The molecular formula is C12H22N2O2. The van der Waals surface area contributed by atoms with Gasteiger partial charge in [-0.25, -0.2) is 0 Å². The molecule has 0 spiro atoms. The average molecular weight is 226 g/mol. The Morgan fingerprint density at radius 1 is 1.44 bits per heavy atom. The quantitative estimate of drug-likeness (QED) is 0.734. The Balaban J connectivity index is 2.50. The van der Waals surface area contributed by atoms with Crippen molar-refractivity contribution < 1.29 is 9.53 Å². The molecule has 4 heteroatoms. The third-order valence-electron chi connectivity index (χ3n) is 2.72. The molecule has 4 nitrogen and oxygen atoms in total. The lowest BCUT2D eigenvalue weighted by molar-refractivity contribution is -0.122. The standard InChI is InChI=1S/C12H22N2O2/c1-8(2)12(15)13-11(5)14-6-9(3)16-10(4)7-14/h9-11H,1,6-7H2,2-5H3,(H,13,15). The number of carbonyl (C=O) groups excluding carboxylic acids is 1. The summed E-state index contributed by atoms with van der Waals surface area (Å²) in [4.78, 5) is 13.7. The van der Waals surface area contributed by atoms with Crippen LogP contribution in [0.3, 0.4) is 0 Å². The SMILES string of the molecule is C=C(C)C(=O)NC(C)N1CC(C)OC(C)C1. The maximum atomic E-state index is 11.5. The van der Waals surface area contributed by atoms with E-state index in [4.69, 9.17) is 4.74 Å². The third-order valence-corrected chi connectivity index (χ3v) is 2.72. The van der Waals surface area contributed by atoms with Crippen molar-refractivity contribution in [1.29, 1.82) is 0 Å². The van der Waals surface area contributed by atoms with Gasteiger partial charge in [0.2, 0.25) is 5.91 Å². The average Bonchev–Trinajstić information content (AvgIpc) is 2.15. The lowest BCUT2D eigenvalue weighted by Crippen LogP contribution is -2.54. The first kappa shape index (κ1) is 13.2. The van der Waals surface area contributed by atoms with Crippen molar-refractivity contribution in [3.63, 3.8) is 0 Å². The van der Waals surface area contributed by atoms with Crippen molar-refractivity contribution in [1.82, 2.24) is 10.2 Å². The van der Waals surface area contributed by atoms with Crippen LogP contribution in [-0.2, 0) is 9.53 Å². The van der Waals surface area contributed by atoms with E-state index in [0.29, 0.717) is 5.57 Å². The molecule has 0 radical (unpaired) electrons. The van der Waals surface area contributed by atoms with Gasteiger partial charge in [0.25, 0.3) is 0 Å². The number of nitrogens with one attached hydrogen (secondary N) is 1. The van der Waals surface area contributed by atoms with Crippen molar-refractivity contribution in [2.24, 2.45) is 0 Å². The van der Waals surface area contributed by atoms with Crippen molar-refractivity contribution >= 4 is 5.91 Å². The molecule has 3 unspecified atom stereocenters. The van der Waals surface area contributed by atoms with Crippen molar-refractivity contribution in [2.75, 3.05) is 13.1 Å². The molecule has 1 saturated heterocycles. The molecule has 1 aliphatic rings. The van der Waals surface area contributed by atoms with Gasteiger partial charge in [0.05, 0.1) is 18.4 Å². The second kappa shape index (κ2) is 5.46. The number of amides is 1. The van der Waals surface area contributed by atoms with Crippen LogP contribution in [0, 0.1) is 0 Å². The molecule has 0 aromatic heterocycles. The Hall–Kier alpha value is -0.870. The van der Waals surface area contributed by atoms with E-state index in [1.807, 2.05) is 6.92 Å². The molecule has 0 aromatic rings. The van der Waals surface area contributed by atoms with Crippen LogP contribution in [-0.4, -0.2) is 42.3 Å². The fourth-order valence-electron chi connectivity index (χ4n) is 1.94. The Kier molecular flexibility index (Phi) is 4.50. The van der Waals surface area contributed by atoms with Crippen molar-refractivity contribution in [2.45, 2.75) is 46.1 Å². The number of morpholine rings is 1. The number of ether oxygens (including phenoxy) is 1. The van der Waals surface area contributed by atoms with E-state index in [-0.39, 0.29) is 24.3 Å². The Labute approximate surface area is 97.6 Å². The van der Waals surface area contributed by atoms with Crippen LogP contribution in [0.4, 0.5) is 0 Å². The normalized spacial score (nSPS) is 28.5. The van der Waals surface area contributed by atoms with E-state index in [0.717, 1.165) is 13.1 Å². The molecule has 0 bridgehead atoms. The zero-order valence-corrected chi connectivity index (χ0v) is 10.6. The van der Waals surface area contributed by atoms with E-state index >= 15 is 0 Å². The van der Waals surface area contributed by atoms with Crippen LogP contribution >= 0.6 is 0 Å². The summed E-state index contributed by atoms with van der Waals surface area (Å²) >= 11 is 0. The first-order chi connectivity index (χ1) is 7.40. The molecule has 0 aliphatic carbocycles. The lowest BCUT2D eigenvalue weighted by atomic mass is 10.2. The summed E-state index contributed by atoms with van der Waals surface area (Å²) < 4.78 is 5.65. The predicted molar refractivity (Wildman–Crippen MR) is 64.0 cm³/mol. The van der Waals surface area contributed by atoms with E-state index in [9.17, 15) is 4.79 Å². The first-order valence-corrected chi connectivity index (χ1v) is 5.76. The van der Waals surface area contributed by atoms with Crippen LogP contribution in [0.2, 0.25) is 0 Å². The van der Waals surface area contributed by atoms with Gasteiger partial charge in [-0.15, -0.1) is 0 Å². The zero-order valence-electron chi connectivity index (χ0n) is 10.6. The molecule has 1 N–H and O–H groups in total. The smallest absolute Gasteiger partial charge is 0.247 e. The molecular weight excluding hydrogens is 204 g/mol. The van der Waals surface area contributed by atoms with E-state index in [1.165, 1.54) is 0 Å². The molecule has 0 aromatic carbocycles. The minimum atomic E-state index is -0.0840. The van der Waals surface area contributed by atoms with Crippen LogP contribution < -0.4 is 5.32 Å². The monoisotopic (exact) mass is 226 g/mol. The maximum Gasteiger partial charge on any atom is 0.247 e. The van der Waals surface area contributed by atoms with Gasteiger partial charge in [0.1, 0.15) is 0 Å².